The maximum atomic E-state index is 12.8. The maximum Gasteiger partial charge on any atom is 0.343 e. The first-order valence-electron chi connectivity index (χ1n) is 5.26. The van der Waals surface area contributed by atoms with Crippen LogP contribution in [0.1, 0.15) is 5.56 Å². The van der Waals surface area contributed by atoms with E-state index in [2.05, 4.69) is 5.32 Å². The van der Waals surface area contributed by atoms with Gasteiger partial charge >= 0.3 is 5.97 Å². The molecule has 0 unspecified atom stereocenters. The molecule has 1 fully saturated rings. The topological polar surface area (TPSA) is 58.6 Å². The van der Waals surface area contributed by atoms with Crippen LogP contribution in [0.5, 0.6) is 0 Å². The number of aliphatic hydroxyl groups excluding tert-OH is 1. The van der Waals surface area contributed by atoms with Gasteiger partial charge < -0.3 is 15.2 Å². The highest BCUT2D eigenvalue weighted by Gasteiger charge is 2.52. The van der Waals surface area contributed by atoms with Crippen molar-refractivity contribution in [1.82, 2.24) is 5.32 Å². The Bertz CT molecular complexity index is 517. The number of hydrogen-bond donors (Lipinski definition) is 2. The zero-order valence-corrected chi connectivity index (χ0v) is 8.87. The highest BCUT2D eigenvalue weighted by Crippen LogP contribution is 2.38. The molecule has 2 N–H and O–H groups in total. The van der Waals surface area contributed by atoms with E-state index in [0.717, 1.165) is 0 Å². The summed E-state index contributed by atoms with van der Waals surface area (Å²) in [5, 5.41) is 13.0. The molecular formula is C12H10FNO3. The third-order valence-electron chi connectivity index (χ3n) is 3.11. The number of ether oxygens (including phenoxy) is 1. The number of aliphatic hydroxyl groups is 1. The lowest BCUT2D eigenvalue weighted by Gasteiger charge is -2.36. The van der Waals surface area contributed by atoms with Crippen LogP contribution >= 0.6 is 0 Å². The number of hydrogen-bond acceptors (Lipinski definition) is 4. The van der Waals surface area contributed by atoms with Crippen molar-refractivity contribution in [2.24, 2.45) is 0 Å². The van der Waals surface area contributed by atoms with Crippen molar-refractivity contribution in [3.8, 4) is 0 Å². The van der Waals surface area contributed by atoms with Gasteiger partial charge in [0, 0.05) is 13.1 Å². The van der Waals surface area contributed by atoms with E-state index in [4.69, 9.17) is 4.74 Å². The van der Waals surface area contributed by atoms with Gasteiger partial charge in [0.1, 0.15) is 11.4 Å². The Morgan fingerprint density at radius 1 is 1.29 bits per heavy atom. The molecule has 3 rings (SSSR count). The van der Waals surface area contributed by atoms with Crippen molar-refractivity contribution >= 4 is 11.5 Å². The fourth-order valence-electron chi connectivity index (χ4n) is 2.06. The summed E-state index contributed by atoms with van der Waals surface area (Å²) in [4.78, 5) is 11.7. The number of carbonyl (C=O) groups is 1. The summed E-state index contributed by atoms with van der Waals surface area (Å²) in [6.45, 7) is 0.824. The molecule has 1 aromatic carbocycles. The molecule has 0 radical (unpaired) electrons. The number of carbonyl (C=O) groups excluding carboxylic acids is 1. The highest BCUT2D eigenvalue weighted by atomic mass is 19.1. The number of nitrogens with one attached hydrogen (secondary N) is 1. The lowest BCUT2D eigenvalue weighted by Crippen LogP contribution is -2.60. The normalized spacial score (nSPS) is 21.6. The minimum Gasteiger partial charge on any atom is -0.507 e. The summed E-state index contributed by atoms with van der Waals surface area (Å²) in [5.41, 5.74) is -0.301. The SMILES string of the molecule is O=C1OC2(CNC2)C(O)=C1c1ccc(F)cc1. The summed E-state index contributed by atoms with van der Waals surface area (Å²) in [6, 6.07) is 5.39. The highest BCUT2D eigenvalue weighted by molar-refractivity contribution is 6.19. The Hall–Kier alpha value is -1.88. The molecule has 88 valence electrons. The van der Waals surface area contributed by atoms with Crippen LogP contribution in [0, 0.1) is 5.82 Å². The molecule has 2 heterocycles. The van der Waals surface area contributed by atoms with E-state index < -0.39 is 11.6 Å². The quantitative estimate of drug-likeness (QED) is 0.713. The Labute approximate surface area is 96.7 Å². The van der Waals surface area contributed by atoms with Crippen molar-refractivity contribution < 1.29 is 19.0 Å². The van der Waals surface area contributed by atoms with E-state index in [9.17, 15) is 14.3 Å². The maximum absolute atomic E-state index is 12.8. The van der Waals surface area contributed by atoms with Crippen molar-refractivity contribution in [2.75, 3.05) is 13.1 Å². The van der Waals surface area contributed by atoms with Crippen molar-refractivity contribution in [1.29, 1.82) is 0 Å². The Balaban J connectivity index is 2.07. The molecule has 17 heavy (non-hydrogen) atoms. The molecule has 0 saturated carbocycles. The van der Waals surface area contributed by atoms with Gasteiger partial charge in [-0.15, -0.1) is 0 Å². The van der Waals surface area contributed by atoms with Gasteiger partial charge in [-0.1, -0.05) is 12.1 Å². The van der Waals surface area contributed by atoms with Gasteiger partial charge in [-0.25, -0.2) is 9.18 Å². The molecule has 5 heteroatoms. The zero-order chi connectivity index (χ0) is 12.0. The van der Waals surface area contributed by atoms with Gasteiger partial charge in [0.2, 0.25) is 0 Å². The van der Waals surface area contributed by atoms with E-state index >= 15 is 0 Å². The summed E-state index contributed by atoms with van der Waals surface area (Å²) >= 11 is 0. The van der Waals surface area contributed by atoms with Crippen molar-refractivity contribution in [3.05, 3.63) is 41.4 Å². The molecule has 0 bridgehead atoms. The lowest BCUT2D eigenvalue weighted by atomic mass is 9.92. The fraction of sp³-hybridized carbons (Fsp3) is 0.250. The van der Waals surface area contributed by atoms with E-state index in [-0.39, 0.29) is 17.1 Å². The van der Waals surface area contributed by atoms with Crippen molar-refractivity contribution in [3.63, 3.8) is 0 Å². The minimum atomic E-state index is -0.902. The summed E-state index contributed by atoms with van der Waals surface area (Å²) in [7, 11) is 0. The predicted molar refractivity (Wildman–Crippen MR) is 57.6 cm³/mol. The van der Waals surface area contributed by atoms with E-state index in [1.54, 1.807) is 0 Å². The molecule has 2 aliphatic heterocycles. The second-order valence-electron chi connectivity index (χ2n) is 4.22. The molecule has 0 aliphatic carbocycles. The Morgan fingerprint density at radius 3 is 2.41 bits per heavy atom. The molecule has 1 aromatic rings. The van der Waals surface area contributed by atoms with Gasteiger partial charge in [0.15, 0.2) is 11.4 Å². The number of benzene rings is 1. The molecule has 0 atom stereocenters. The van der Waals surface area contributed by atoms with Crippen LogP contribution in [0.15, 0.2) is 30.0 Å². The van der Waals surface area contributed by atoms with Gasteiger partial charge in [-0.05, 0) is 17.7 Å². The Morgan fingerprint density at radius 2 is 1.94 bits per heavy atom. The van der Waals surface area contributed by atoms with E-state index in [0.29, 0.717) is 18.7 Å². The van der Waals surface area contributed by atoms with Crippen LogP contribution in [0.3, 0.4) is 0 Å². The third-order valence-corrected chi connectivity index (χ3v) is 3.11. The summed E-state index contributed by atoms with van der Waals surface area (Å²) in [6.07, 6.45) is 0. The second-order valence-corrected chi connectivity index (χ2v) is 4.22. The predicted octanol–water partition coefficient (Wildman–Crippen LogP) is 0.994. The van der Waals surface area contributed by atoms with Crippen LogP contribution in [-0.4, -0.2) is 29.8 Å². The smallest absolute Gasteiger partial charge is 0.343 e. The first kappa shape index (κ1) is 10.3. The van der Waals surface area contributed by atoms with Crippen molar-refractivity contribution in [2.45, 2.75) is 5.60 Å². The van der Waals surface area contributed by atoms with Gasteiger partial charge in [0.25, 0.3) is 0 Å². The summed E-state index contributed by atoms with van der Waals surface area (Å²) in [5.74, 6) is -1.01. The molecule has 0 aromatic heterocycles. The number of esters is 1. The van der Waals surface area contributed by atoms with Crippen LogP contribution in [0.25, 0.3) is 5.57 Å². The third kappa shape index (κ3) is 1.36. The number of halogens is 1. The zero-order valence-electron chi connectivity index (χ0n) is 8.87. The van der Waals surface area contributed by atoms with Crippen LogP contribution in [0.2, 0.25) is 0 Å². The average Bonchev–Trinajstić information content (AvgIpc) is 2.52. The molecule has 0 amide bonds. The molecule has 2 aliphatic rings. The Kier molecular flexibility index (Phi) is 2.00. The molecular weight excluding hydrogens is 225 g/mol. The van der Waals surface area contributed by atoms with Crippen LogP contribution < -0.4 is 5.32 Å². The molecule has 1 spiro atoms. The average molecular weight is 235 g/mol. The molecule has 4 nitrogen and oxygen atoms in total. The second kappa shape index (κ2) is 3.30. The minimum absolute atomic E-state index is 0.0622. The van der Waals surface area contributed by atoms with E-state index in [1.807, 2.05) is 0 Å². The largest absolute Gasteiger partial charge is 0.507 e. The van der Waals surface area contributed by atoms with Crippen LogP contribution in [0.4, 0.5) is 4.39 Å². The lowest BCUT2D eigenvalue weighted by molar-refractivity contribution is -0.150. The fourth-order valence-corrected chi connectivity index (χ4v) is 2.06. The first-order chi connectivity index (χ1) is 8.12. The van der Waals surface area contributed by atoms with Gasteiger partial charge in [-0.2, -0.15) is 0 Å². The van der Waals surface area contributed by atoms with Gasteiger partial charge in [0.05, 0.1) is 0 Å². The monoisotopic (exact) mass is 235 g/mol. The van der Waals surface area contributed by atoms with Gasteiger partial charge in [-0.3, -0.25) is 0 Å². The first-order valence-corrected chi connectivity index (χ1v) is 5.26. The number of rotatable bonds is 1. The summed E-state index contributed by atoms with van der Waals surface area (Å²) < 4.78 is 18.0. The van der Waals surface area contributed by atoms with E-state index in [1.165, 1.54) is 24.3 Å². The standard InChI is InChI=1S/C12H10FNO3/c13-8-3-1-7(2-4-8)9-10(15)12(5-14-6-12)17-11(9)16/h1-4,14-15H,5-6H2. The van der Waals surface area contributed by atoms with Crippen LogP contribution in [-0.2, 0) is 9.53 Å². The molecule has 1 saturated heterocycles.